The topological polar surface area (TPSA) is 167 Å². The van der Waals surface area contributed by atoms with Crippen molar-refractivity contribution >= 4 is 34.6 Å². The van der Waals surface area contributed by atoms with E-state index in [-0.39, 0.29) is 29.7 Å². The Morgan fingerprint density at radius 2 is 1.79 bits per heavy atom. The van der Waals surface area contributed by atoms with Crippen LogP contribution in [0.2, 0.25) is 0 Å². The van der Waals surface area contributed by atoms with Gasteiger partial charge in [0.1, 0.15) is 23.9 Å². The second kappa shape index (κ2) is 10.6. The molecule has 0 radical (unpaired) electrons. The quantitative estimate of drug-likeness (QED) is 0.357. The van der Waals surface area contributed by atoms with Gasteiger partial charge in [-0.1, -0.05) is 19.9 Å². The van der Waals surface area contributed by atoms with Gasteiger partial charge in [0, 0.05) is 25.9 Å². The minimum absolute atomic E-state index is 0.0752. The first-order chi connectivity index (χ1) is 15.4. The van der Waals surface area contributed by atoms with Crippen LogP contribution in [0.15, 0.2) is 23.0 Å². The van der Waals surface area contributed by atoms with Crippen molar-refractivity contribution in [3.8, 4) is 5.75 Å². The highest BCUT2D eigenvalue weighted by molar-refractivity contribution is 6.03. The van der Waals surface area contributed by atoms with Crippen LogP contribution < -0.4 is 21.5 Å². The van der Waals surface area contributed by atoms with Crippen LogP contribution in [0.4, 0.5) is 0 Å². The molecule has 0 saturated heterocycles. The van der Waals surface area contributed by atoms with Crippen molar-refractivity contribution in [3.63, 3.8) is 0 Å². The Hall–Kier alpha value is -3.89. The number of carbonyl (C=O) groups is 4. The van der Waals surface area contributed by atoms with Crippen LogP contribution in [0, 0.1) is 5.92 Å². The van der Waals surface area contributed by atoms with Crippen LogP contribution in [0.3, 0.4) is 0 Å². The lowest BCUT2D eigenvalue weighted by Gasteiger charge is -2.19. The summed E-state index contributed by atoms with van der Waals surface area (Å²) >= 11 is 0. The third kappa shape index (κ3) is 6.31. The molecule has 0 aliphatic heterocycles. The molecule has 1 aromatic heterocycles. The molecule has 2 aromatic rings. The second-order valence-electron chi connectivity index (χ2n) is 8.12. The number of aromatic nitrogens is 1. The number of hydrogen-bond donors (Lipinski definition) is 5. The molecule has 0 bridgehead atoms. The number of carboxylic acid groups (broad SMARTS) is 1. The van der Waals surface area contributed by atoms with Crippen molar-refractivity contribution < 1.29 is 29.4 Å². The number of amides is 3. The zero-order chi connectivity index (χ0) is 24.9. The maximum Gasteiger partial charge on any atom is 0.322 e. The Bertz CT molecular complexity index is 1150. The molecule has 0 aliphatic rings. The number of rotatable bonds is 9. The van der Waals surface area contributed by atoms with E-state index in [9.17, 15) is 29.1 Å². The minimum Gasteiger partial charge on any atom is -0.506 e. The predicted octanol–water partition coefficient (Wildman–Crippen LogP) is 0.226. The van der Waals surface area contributed by atoms with Gasteiger partial charge < -0.3 is 30.7 Å². The van der Waals surface area contributed by atoms with Crippen molar-refractivity contribution in [2.75, 3.05) is 6.54 Å². The first kappa shape index (κ1) is 25.4. The van der Waals surface area contributed by atoms with Crippen molar-refractivity contribution in [2.24, 2.45) is 13.0 Å². The first-order valence-corrected chi connectivity index (χ1v) is 10.3. The summed E-state index contributed by atoms with van der Waals surface area (Å²) in [6.45, 7) is 4.57. The predicted molar refractivity (Wildman–Crippen MR) is 120 cm³/mol. The van der Waals surface area contributed by atoms with Gasteiger partial charge in [0.25, 0.3) is 11.5 Å². The third-order valence-electron chi connectivity index (χ3n) is 4.93. The van der Waals surface area contributed by atoms with Crippen LogP contribution in [0.5, 0.6) is 5.75 Å². The van der Waals surface area contributed by atoms with Gasteiger partial charge in [0.2, 0.25) is 11.8 Å². The number of aromatic hydroxyl groups is 1. The van der Waals surface area contributed by atoms with Crippen LogP contribution in [-0.2, 0) is 28.0 Å². The van der Waals surface area contributed by atoms with E-state index in [1.54, 1.807) is 12.1 Å². The van der Waals surface area contributed by atoms with Crippen LogP contribution in [0.1, 0.15) is 43.1 Å². The van der Waals surface area contributed by atoms with E-state index in [0.717, 1.165) is 0 Å². The molecule has 11 heteroatoms. The number of fused-ring (bicyclic) bond motifs is 1. The molecular formula is C22H28N4O7. The SMILES string of the molecule is CC(=O)N[C@@H](CC(C)C)C(=O)NCc1ccc2c(c1)c(O)c(C(=O)NCC(=O)O)c(=O)n2C. The van der Waals surface area contributed by atoms with E-state index < -0.39 is 41.3 Å². The fourth-order valence-electron chi connectivity index (χ4n) is 3.40. The normalized spacial score (nSPS) is 11.8. The molecule has 5 N–H and O–H groups in total. The van der Waals surface area contributed by atoms with Crippen molar-refractivity contribution in [2.45, 2.75) is 39.8 Å². The molecule has 0 fully saturated rings. The molecule has 33 heavy (non-hydrogen) atoms. The summed E-state index contributed by atoms with van der Waals surface area (Å²) < 4.78 is 1.17. The van der Waals surface area contributed by atoms with E-state index >= 15 is 0 Å². The number of aryl methyl sites for hydroxylation is 1. The molecule has 2 rings (SSSR count). The van der Waals surface area contributed by atoms with Crippen LogP contribution >= 0.6 is 0 Å². The maximum absolute atomic E-state index is 12.6. The number of nitrogens with one attached hydrogen (secondary N) is 3. The monoisotopic (exact) mass is 460 g/mol. The molecule has 0 unspecified atom stereocenters. The highest BCUT2D eigenvalue weighted by Crippen LogP contribution is 2.27. The molecule has 0 aliphatic carbocycles. The Kier molecular flexibility index (Phi) is 8.16. The Morgan fingerprint density at radius 1 is 1.12 bits per heavy atom. The number of carboxylic acids is 1. The number of nitrogens with zero attached hydrogens (tertiary/aromatic N) is 1. The summed E-state index contributed by atoms with van der Waals surface area (Å²) in [6, 6.07) is 4.05. The molecular weight excluding hydrogens is 432 g/mol. The standard InChI is InChI=1S/C22H28N4O7/c1-11(2)7-15(25-12(3)27)20(31)23-9-13-5-6-16-14(8-13)19(30)18(22(33)26(16)4)21(32)24-10-17(28)29/h5-6,8,11,15,30H,7,9-10H2,1-4H3,(H,23,31)(H,24,32)(H,25,27)(H,28,29)/t15-/m0/s1. The lowest BCUT2D eigenvalue weighted by atomic mass is 10.0. The van der Waals surface area contributed by atoms with Gasteiger partial charge in [-0.05, 0) is 30.0 Å². The van der Waals surface area contributed by atoms with Gasteiger partial charge in [-0.15, -0.1) is 0 Å². The third-order valence-corrected chi connectivity index (χ3v) is 4.93. The lowest BCUT2D eigenvalue weighted by Crippen LogP contribution is -2.46. The van der Waals surface area contributed by atoms with E-state index in [1.807, 2.05) is 13.8 Å². The van der Waals surface area contributed by atoms with E-state index in [2.05, 4.69) is 16.0 Å². The smallest absolute Gasteiger partial charge is 0.322 e. The maximum atomic E-state index is 12.6. The number of aliphatic carboxylic acids is 1. The molecule has 3 amide bonds. The average molecular weight is 460 g/mol. The molecule has 0 saturated carbocycles. The Balaban J connectivity index is 2.33. The largest absolute Gasteiger partial charge is 0.506 e. The number of benzene rings is 1. The summed E-state index contributed by atoms with van der Waals surface area (Å²) in [5.41, 5.74) is -0.433. The molecule has 1 atom stereocenters. The van der Waals surface area contributed by atoms with Crippen LogP contribution in [0.25, 0.3) is 10.9 Å². The minimum atomic E-state index is -1.30. The van der Waals surface area contributed by atoms with Crippen molar-refractivity contribution in [1.29, 1.82) is 0 Å². The molecule has 0 spiro atoms. The lowest BCUT2D eigenvalue weighted by molar-refractivity contribution is -0.135. The van der Waals surface area contributed by atoms with Gasteiger partial charge in [-0.3, -0.25) is 24.0 Å². The van der Waals surface area contributed by atoms with E-state index in [1.165, 1.54) is 24.6 Å². The zero-order valence-electron chi connectivity index (χ0n) is 18.9. The summed E-state index contributed by atoms with van der Waals surface area (Å²) in [5, 5.41) is 27.0. The van der Waals surface area contributed by atoms with E-state index in [4.69, 9.17) is 5.11 Å². The average Bonchev–Trinajstić information content (AvgIpc) is 2.73. The first-order valence-electron chi connectivity index (χ1n) is 10.3. The van der Waals surface area contributed by atoms with E-state index in [0.29, 0.717) is 17.5 Å². The number of pyridine rings is 1. The summed E-state index contributed by atoms with van der Waals surface area (Å²) in [6.07, 6.45) is 0.459. The number of carbonyl (C=O) groups excluding carboxylic acids is 3. The van der Waals surface area contributed by atoms with Gasteiger partial charge in [0.15, 0.2) is 0 Å². The Labute approximate surface area is 189 Å². The van der Waals surface area contributed by atoms with Gasteiger partial charge >= 0.3 is 5.97 Å². The van der Waals surface area contributed by atoms with Gasteiger partial charge in [0.05, 0.1) is 5.52 Å². The fraction of sp³-hybridized carbons (Fsp3) is 0.409. The fourth-order valence-corrected chi connectivity index (χ4v) is 3.40. The highest BCUT2D eigenvalue weighted by atomic mass is 16.4. The summed E-state index contributed by atoms with van der Waals surface area (Å²) in [7, 11) is 1.42. The molecule has 11 nitrogen and oxygen atoms in total. The zero-order valence-corrected chi connectivity index (χ0v) is 18.9. The Morgan fingerprint density at radius 3 is 2.36 bits per heavy atom. The van der Waals surface area contributed by atoms with Crippen LogP contribution in [-0.4, -0.2) is 51.1 Å². The van der Waals surface area contributed by atoms with Crippen molar-refractivity contribution in [3.05, 3.63) is 39.7 Å². The van der Waals surface area contributed by atoms with Gasteiger partial charge in [-0.2, -0.15) is 0 Å². The van der Waals surface area contributed by atoms with Gasteiger partial charge in [-0.25, -0.2) is 0 Å². The van der Waals surface area contributed by atoms with Crippen molar-refractivity contribution in [1.82, 2.24) is 20.5 Å². The molecule has 1 aromatic carbocycles. The summed E-state index contributed by atoms with van der Waals surface area (Å²) in [5.74, 6) is -3.40. The highest BCUT2D eigenvalue weighted by Gasteiger charge is 2.23. The number of hydrogen-bond acceptors (Lipinski definition) is 6. The second-order valence-corrected chi connectivity index (χ2v) is 8.12. The molecule has 1 heterocycles. The summed E-state index contributed by atoms with van der Waals surface area (Å²) in [4.78, 5) is 59.5. The molecule has 178 valence electrons.